The lowest BCUT2D eigenvalue weighted by Crippen LogP contribution is -2.37. The third-order valence-electron chi connectivity index (χ3n) is 2.69. The number of nitrogens with zero attached hydrogens (tertiary/aromatic N) is 3. The van der Waals surface area contributed by atoms with Gasteiger partial charge >= 0.3 is 0 Å². The number of sulfonamides is 1. The Bertz CT molecular complexity index is 664. The van der Waals surface area contributed by atoms with E-state index in [9.17, 15) is 8.42 Å². The molecule has 6 nitrogen and oxygen atoms in total. The van der Waals surface area contributed by atoms with E-state index >= 15 is 0 Å². The van der Waals surface area contributed by atoms with Crippen LogP contribution in [-0.2, 0) is 10.0 Å². The highest BCUT2D eigenvalue weighted by molar-refractivity contribution is 7.89. The van der Waals surface area contributed by atoms with Crippen molar-refractivity contribution in [3.05, 3.63) is 16.7 Å². The van der Waals surface area contributed by atoms with Crippen molar-refractivity contribution in [1.82, 2.24) is 13.7 Å². The van der Waals surface area contributed by atoms with Crippen LogP contribution in [0.15, 0.2) is 16.6 Å². The van der Waals surface area contributed by atoms with E-state index in [4.69, 9.17) is 16.7 Å². The van der Waals surface area contributed by atoms with Crippen LogP contribution >= 0.6 is 22.9 Å². The van der Waals surface area contributed by atoms with E-state index in [1.807, 2.05) is 0 Å². The van der Waals surface area contributed by atoms with Crippen LogP contribution in [0.2, 0.25) is 5.15 Å². The molecule has 1 N–H and O–H groups in total. The van der Waals surface area contributed by atoms with Crippen LogP contribution < -0.4 is 0 Å². The van der Waals surface area contributed by atoms with Crippen molar-refractivity contribution in [3.8, 4) is 0 Å². The third kappa shape index (κ3) is 2.04. The first-order valence-corrected chi connectivity index (χ1v) is 7.79. The van der Waals surface area contributed by atoms with Gasteiger partial charge in [0.1, 0.15) is 0 Å². The number of imidazole rings is 1. The first-order valence-electron chi connectivity index (χ1n) is 5.09. The van der Waals surface area contributed by atoms with Gasteiger partial charge in [0.25, 0.3) is 10.0 Å². The molecule has 0 amide bonds. The fourth-order valence-corrected chi connectivity index (χ4v) is 4.21. The fraction of sp³-hybridized carbons (Fsp3) is 0.444. The standard InChI is InChI=1S/C9H12ClN3O3S2/c1-6(5-14)12(2)18(15,16)8-7(10)11-9-13(8)3-4-17-9/h3-4,6,14H,5H2,1-2H3. The van der Waals surface area contributed by atoms with Crippen molar-refractivity contribution in [2.24, 2.45) is 0 Å². The van der Waals surface area contributed by atoms with Crippen molar-refractivity contribution in [2.45, 2.75) is 18.0 Å². The molecule has 0 aliphatic carbocycles. The Balaban J connectivity index is 2.59. The quantitative estimate of drug-likeness (QED) is 0.916. The van der Waals surface area contributed by atoms with Gasteiger partial charge in [-0.25, -0.2) is 13.4 Å². The van der Waals surface area contributed by atoms with Crippen LogP contribution in [0.1, 0.15) is 6.92 Å². The van der Waals surface area contributed by atoms with Crippen molar-refractivity contribution in [3.63, 3.8) is 0 Å². The van der Waals surface area contributed by atoms with Crippen molar-refractivity contribution < 1.29 is 13.5 Å². The molecule has 0 spiro atoms. The molecule has 2 rings (SSSR count). The molecule has 0 bridgehead atoms. The molecule has 0 saturated carbocycles. The average molecular weight is 310 g/mol. The lowest BCUT2D eigenvalue weighted by molar-refractivity contribution is 0.213. The molecule has 1 unspecified atom stereocenters. The summed E-state index contributed by atoms with van der Waals surface area (Å²) in [6, 6.07) is -0.532. The molecule has 0 saturated heterocycles. The maximum absolute atomic E-state index is 12.4. The normalized spacial score (nSPS) is 14.5. The van der Waals surface area contributed by atoms with E-state index < -0.39 is 16.1 Å². The second-order valence-corrected chi connectivity index (χ2v) is 6.96. The number of hydrogen-bond acceptors (Lipinski definition) is 5. The summed E-state index contributed by atoms with van der Waals surface area (Å²) >= 11 is 7.19. The first kappa shape index (κ1) is 13.8. The molecule has 18 heavy (non-hydrogen) atoms. The van der Waals surface area contributed by atoms with E-state index in [0.29, 0.717) is 4.96 Å². The van der Waals surface area contributed by atoms with Crippen LogP contribution in [0, 0.1) is 0 Å². The van der Waals surface area contributed by atoms with Crippen molar-refractivity contribution in [2.75, 3.05) is 13.7 Å². The summed E-state index contributed by atoms with van der Waals surface area (Å²) in [4.78, 5) is 4.50. The van der Waals surface area contributed by atoms with Gasteiger partial charge in [0, 0.05) is 24.7 Å². The topological polar surface area (TPSA) is 74.9 Å². The number of aromatic nitrogens is 2. The van der Waals surface area contributed by atoms with Crippen LogP contribution in [0.25, 0.3) is 4.96 Å². The molecule has 1 atom stereocenters. The molecule has 100 valence electrons. The molecule has 0 radical (unpaired) electrons. The Morgan fingerprint density at radius 3 is 2.94 bits per heavy atom. The summed E-state index contributed by atoms with van der Waals surface area (Å²) in [6.45, 7) is 1.34. The Labute approximate surface area is 113 Å². The second kappa shape index (κ2) is 4.78. The number of hydrogen-bond donors (Lipinski definition) is 1. The number of fused-ring (bicyclic) bond motifs is 1. The Hall–Kier alpha value is -0.670. The smallest absolute Gasteiger partial charge is 0.262 e. The molecular formula is C9H12ClN3O3S2. The zero-order valence-corrected chi connectivity index (χ0v) is 12.1. The number of halogens is 1. The maximum Gasteiger partial charge on any atom is 0.262 e. The molecule has 2 aromatic rings. The summed E-state index contributed by atoms with van der Waals surface area (Å²) in [6.07, 6.45) is 1.60. The summed E-state index contributed by atoms with van der Waals surface area (Å²) in [7, 11) is -2.38. The number of thiazole rings is 1. The predicted molar refractivity (Wildman–Crippen MR) is 69.6 cm³/mol. The summed E-state index contributed by atoms with van der Waals surface area (Å²) < 4.78 is 27.3. The molecular weight excluding hydrogens is 298 g/mol. The van der Waals surface area contributed by atoms with Crippen LogP contribution in [0.5, 0.6) is 0 Å². The Morgan fingerprint density at radius 1 is 1.67 bits per heavy atom. The molecule has 0 fully saturated rings. The van der Waals surface area contributed by atoms with Gasteiger partial charge in [-0.05, 0) is 6.92 Å². The highest BCUT2D eigenvalue weighted by Crippen LogP contribution is 2.28. The summed E-state index contributed by atoms with van der Waals surface area (Å²) in [5.74, 6) is 0. The van der Waals surface area contributed by atoms with Crippen molar-refractivity contribution >= 4 is 37.9 Å². The maximum atomic E-state index is 12.4. The number of aliphatic hydroxyl groups excluding tert-OH is 1. The van der Waals surface area contributed by atoms with Crippen molar-refractivity contribution in [1.29, 1.82) is 0 Å². The van der Waals surface area contributed by atoms with E-state index in [1.165, 1.54) is 22.8 Å². The zero-order valence-electron chi connectivity index (χ0n) is 9.74. The van der Waals surface area contributed by atoms with Gasteiger partial charge in [0.05, 0.1) is 6.61 Å². The van der Waals surface area contributed by atoms with Crippen LogP contribution in [-0.4, -0.2) is 46.9 Å². The van der Waals surface area contributed by atoms with Crippen LogP contribution in [0.3, 0.4) is 0 Å². The van der Waals surface area contributed by atoms with Gasteiger partial charge in [0.15, 0.2) is 15.1 Å². The number of aliphatic hydroxyl groups is 1. The average Bonchev–Trinajstić information content (AvgIpc) is 2.85. The molecule has 0 aliphatic heterocycles. The highest BCUT2D eigenvalue weighted by Gasteiger charge is 2.31. The molecule has 0 aromatic carbocycles. The highest BCUT2D eigenvalue weighted by atomic mass is 35.5. The minimum absolute atomic E-state index is 0.0566. The van der Waals surface area contributed by atoms with E-state index in [2.05, 4.69) is 4.98 Å². The fourth-order valence-electron chi connectivity index (χ4n) is 1.46. The van der Waals surface area contributed by atoms with Crippen LogP contribution in [0.4, 0.5) is 0 Å². The number of rotatable bonds is 4. The Kier molecular flexibility index (Phi) is 3.65. The Morgan fingerprint density at radius 2 is 2.33 bits per heavy atom. The lowest BCUT2D eigenvalue weighted by atomic mass is 10.4. The van der Waals surface area contributed by atoms with E-state index in [0.717, 1.165) is 4.31 Å². The summed E-state index contributed by atoms with van der Waals surface area (Å²) in [5, 5.41) is 10.7. The summed E-state index contributed by atoms with van der Waals surface area (Å²) in [5.41, 5.74) is 0. The van der Waals surface area contributed by atoms with E-state index in [1.54, 1.807) is 18.5 Å². The molecule has 2 heterocycles. The first-order chi connectivity index (χ1) is 8.39. The van der Waals surface area contributed by atoms with Gasteiger partial charge in [-0.1, -0.05) is 11.6 Å². The zero-order chi connectivity index (χ0) is 13.5. The van der Waals surface area contributed by atoms with Gasteiger partial charge in [-0.15, -0.1) is 11.3 Å². The van der Waals surface area contributed by atoms with Gasteiger partial charge in [0.2, 0.25) is 0 Å². The molecule has 9 heteroatoms. The van der Waals surface area contributed by atoms with Gasteiger partial charge in [-0.3, -0.25) is 4.40 Å². The lowest BCUT2D eigenvalue weighted by Gasteiger charge is -2.21. The molecule has 0 aliphatic rings. The molecule has 2 aromatic heterocycles. The largest absolute Gasteiger partial charge is 0.395 e. The number of likely N-dealkylation sites (N-methyl/N-ethyl adjacent to an activating group) is 1. The monoisotopic (exact) mass is 309 g/mol. The van der Waals surface area contributed by atoms with Gasteiger partial charge in [-0.2, -0.15) is 4.31 Å². The second-order valence-electron chi connectivity index (χ2n) is 3.82. The minimum Gasteiger partial charge on any atom is -0.395 e. The minimum atomic E-state index is -3.79. The predicted octanol–water partition coefficient (Wildman–Crippen LogP) is 1.05. The van der Waals surface area contributed by atoms with Gasteiger partial charge < -0.3 is 5.11 Å². The third-order valence-corrected chi connectivity index (χ3v) is 5.82. The SMILES string of the molecule is CC(CO)N(C)S(=O)(=O)c1c(Cl)nc2sccn12. The van der Waals surface area contributed by atoms with E-state index in [-0.39, 0.29) is 16.8 Å².